The highest BCUT2D eigenvalue weighted by molar-refractivity contribution is 6.30. The van der Waals surface area contributed by atoms with Crippen molar-refractivity contribution in [2.45, 2.75) is 25.4 Å². The van der Waals surface area contributed by atoms with Crippen LogP contribution < -0.4 is 5.73 Å². The molecule has 0 spiro atoms. The Bertz CT molecular complexity index is 1080. The van der Waals surface area contributed by atoms with Crippen molar-refractivity contribution >= 4 is 28.8 Å². The second-order valence-corrected chi connectivity index (χ2v) is 9.64. The van der Waals surface area contributed by atoms with Crippen LogP contribution in [0.3, 0.4) is 0 Å². The lowest BCUT2D eigenvalue weighted by atomic mass is 9.81. The maximum Gasteiger partial charge on any atom is 0.126 e. The van der Waals surface area contributed by atoms with Gasteiger partial charge >= 0.3 is 0 Å². The molecule has 32 heavy (non-hydrogen) atoms. The van der Waals surface area contributed by atoms with E-state index in [0.717, 1.165) is 28.3 Å². The normalized spacial score (nSPS) is 14.6. The zero-order chi connectivity index (χ0) is 23.0. The molecule has 0 saturated carbocycles. The van der Waals surface area contributed by atoms with Crippen LogP contribution in [0.4, 0.5) is 8.78 Å². The van der Waals surface area contributed by atoms with Gasteiger partial charge in [-0.2, -0.15) is 0 Å². The first-order valence-corrected chi connectivity index (χ1v) is 11.1. The van der Waals surface area contributed by atoms with Crippen molar-refractivity contribution in [3.63, 3.8) is 0 Å². The smallest absolute Gasteiger partial charge is 0.126 e. The van der Waals surface area contributed by atoms with E-state index < -0.39 is 17.2 Å². The van der Waals surface area contributed by atoms with Gasteiger partial charge in [0.15, 0.2) is 0 Å². The number of hydrogen-bond acceptors (Lipinski definition) is 2. The predicted molar refractivity (Wildman–Crippen MR) is 128 cm³/mol. The van der Waals surface area contributed by atoms with Crippen LogP contribution in [0, 0.1) is 11.6 Å². The molecule has 1 aliphatic rings. The Morgan fingerprint density at radius 1 is 0.844 bits per heavy atom. The molecule has 166 valence electrons. The van der Waals surface area contributed by atoms with E-state index in [-0.39, 0.29) is 6.04 Å². The van der Waals surface area contributed by atoms with Crippen LogP contribution in [0.5, 0.6) is 0 Å². The third-order valence-electron chi connectivity index (χ3n) is 5.67. The minimum Gasteiger partial charge on any atom is -0.322 e. The molecule has 1 heterocycles. The molecule has 0 unspecified atom stereocenters. The Labute approximate surface area is 197 Å². The summed E-state index contributed by atoms with van der Waals surface area (Å²) in [6.07, 6.45) is 0. The van der Waals surface area contributed by atoms with E-state index in [9.17, 15) is 8.78 Å². The third kappa shape index (κ3) is 4.89. The zero-order valence-corrected chi connectivity index (χ0v) is 19.4. The molecule has 2 nitrogen and oxygen atoms in total. The van der Waals surface area contributed by atoms with Crippen LogP contribution in [0.15, 0.2) is 72.3 Å². The summed E-state index contributed by atoms with van der Waals surface area (Å²) in [5.74, 6) is -1.22. The Kier molecular flexibility index (Phi) is 6.42. The van der Waals surface area contributed by atoms with Crippen molar-refractivity contribution in [1.29, 1.82) is 0 Å². The summed E-state index contributed by atoms with van der Waals surface area (Å²) in [6, 6.07) is 19.1. The van der Waals surface area contributed by atoms with Crippen molar-refractivity contribution in [2.75, 3.05) is 13.1 Å². The molecule has 0 aromatic heterocycles. The average molecular weight is 473 g/mol. The molecule has 4 rings (SSSR count). The largest absolute Gasteiger partial charge is 0.322 e. The first-order valence-electron chi connectivity index (χ1n) is 10.3. The van der Waals surface area contributed by atoms with Gasteiger partial charge in [0.2, 0.25) is 0 Å². The van der Waals surface area contributed by atoms with Crippen LogP contribution in [-0.4, -0.2) is 23.5 Å². The number of benzene rings is 3. The number of nitrogens with two attached hydrogens (primary N) is 1. The van der Waals surface area contributed by atoms with E-state index in [1.54, 1.807) is 0 Å². The van der Waals surface area contributed by atoms with Gasteiger partial charge in [0, 0.05) is 34.7 Å². The van der Waals surface area contributed by atoms with Gasteiger partial charge in [-0.05, 0) is 78.1 Å². The van der Waals surface area contributed by atoms with Gasteiger partial charge < -0.3 is 5.73 Å². The number of likely N-dealkylation sites (tertiary alicyclic amines) is 1. The van der Waals surface area contributed by atoms with Gasteiger partial charge in [-0.1, -0.05) is 47.5 Å². The lowest BCUT2D eigenvalue weighted by molar-refractivity contribution is 0.201. The minimum atomic E-state index is -0.752. The Morgan fingerprint density at radius 2 is 1.28 bits per heavy atom. The summed E-state index contributed by atoms with van der Waals surface area (Å²) >= 11 is 12.2. The molecule has 1 aliphatic heterocycles. The average Bonchev–Trinajstić information content (AvgIpc) is 2.67. The number of hydrogen-bond donors (Lipinski definition) is 1. The summed E-state index contributed by atoms with van der Waals surface area (Å²) < 4.78 is 27.9. The van der Waals surface area contributed by atoms with Gasteiger partial charge in [-0.25, -0.2) is 8.78 Å². The van der Waals surface area contributed by atoms with Gasteiger partial charge in [0.05, 0.1) is 6.04 Å². The highest BCUT2D eigenvalue weighted by Crippen LogP contribution is 2.40. The lowest BCUT2D eigenvalue weighted by Crippen LogP contribution is -2.46. The molecule has 0 aliphatic carbocycles. The highest BCUT2D eigenvalue weighted by atomic mass is 35.5. The number of rotatable bonds is 5. The summed E-state index contributed by atoms with van der Waals surface area (Å²) in [4.78, 5) is 2.29. The quantitative estimate of drug-likeness (QED) is 0.438. The fraction of sp³-hybridized carbons (Fsp3) is 0.231. The molecular formula is C26H24Cl2F2N2. The van der Waals surface area contributed by atoms with E-state index in [1.807, 2.05) is 62.4 Å². The van der Waals surface area contributed by atoms with Gasteiger partial charge in [-0.3, -0.25) is 4.90 Å². The van der Waals surface area contributed by atoms with E-state index in [2.05, 4.69) is 4.90 Å². The zero-order valence-electron chi connectivity index (χ0n) is 17.9. The Balaban J connectivity index is 1.72. The molecular weight excluding hydrogens is 449 g/mol. The van der Waals surface area contributed by atoms with Crippen molar-refractivity contribution in [1.82, 2.24) is 4.90 Å². The van der Waals surface area contributed by atoms with E-state index in [1.165, 1.54) is 12.1 Å². The van der Waals surface area contributed by atoms with Crippen molar-refractivity contribution in [3.05, 3.63) is 111 Å². The molecule has 3 aromatic carbocycles. The van der Waals surface area contributed by atoms with Crippen molar-refractivity contribution < 1.29 is 8.78 Å². The van der Waals surface area contributed by atoms with Gasteiger partial charge in [0.1, 0.15) is 11.6 Å². The van der Waals surface area contributed by atoms with Crippen LogP contribution in [-0.2, 0) is 0 Å². The highest BCUT2D eigenvalue weighted by Gasteiger charge is 2.35. The van der Waals surface area contributed by atoms with Crippen molar-refractivity contribution in [2.24, 2.45) is 5.73 Å². The minimum absolute atomic E-state index is 0.0142. The summed E-state index contributed by atoms with van der Waals surface area (Å²) in [6.45, 7) is 4.97. The Morgan fingerprint density at radius 3 is 1.69 bits per heavy atom. The topological polar surface area (TPSA) is 29.3 Å². The second-order valence-electron chi connectivity index (χ2n) is 8.77. The van der Waals surface area contributed by atoms with E-state index in [0.29, 0.717) is 28.7 Å². The fourth-order valence-electron chi connectivity index (χ4n) is 4.42. The van der Waals surface area contributed by atoms with Crippen LogP contribution in [0.25, 0.3) is 5.57 Å². The van der Waals surface area contributed by atoms with Gasteiger partial charge in [-0.15, -0.1) is 0 Å². The third-order valence-corrected chi connectivity index (χ3v) is 6.18. The van der Waals surface area contributed by atoms with Crippen LogP contribution in [0.2, 0.25) is 10.0 Å². The summed E-state index contributed by atoms with van der Waals surface area (Å²) in [7, 11) is 0. The molecule has 0 radical (unpaired) electrons. The van der Waals surface area contributed by atoms with E-state index in [4.69, 9.17) is 28.9 Å². The molecule has 0 atom stereocenters. The molecule has 0 amide bonds. The molecule has 2 N–H and O–H groups in total. The first kappa shape index (κ1) is 22.9. The standard InChI is InChI=1S/C26H24Cl2F2N2/c1-26(2,31)24(18-11-22(29)13-23(30)12-18)19-14-32(15-19)25(16-3-7-20(27)8-4-16)17-5-9-21(28)10-6-17/h3-13,25H,14-15,31H2,1-2H3. The lowest BCUT2D eigenvalue weighted by Gasteiger charge is -2.44. The number of nitrogens with zero attached hydrogens (tertiary/aromatic N) is 1. The van der Waals surface area contributed by atoms with Crippen molar-refractivity contribution in [3.8, 4) is 0 Å². The molecule has 1 fully saturated rings. The second kappa shape index (κ2) is 8.95. The maximum absolute atomic E-state index is 13.9. The maximum atomic E-state index is 13.9. The number of halogens is 4. The summed E-state index contributed by atoms with van der Waals surface area (Å²) in [5, 5.41) is 1.35. The van der Waals surface area contributed by atoms with Crippen LogP contribution >= 0.6 is 23.2 Å². The Hall–Kier alpha value is -2.24. The fourth-order valence-corrected chi connectivity index (χ4v) is 4.67. The molecule has 0 bridgehead atoms. The first-order chi connectivity index (χ1) is 15.1. The van der Waals surface area contributed by atoms with Gasteiger partial charge in [0.25, 0.3) is 0 Å². The molecule has 3 aromatic rings. The van der Waals surface area contributed by atoms with E-state index >= 15 is 0 Å². The predicted octanol–water partition coefficient (Wildman–Crippen LogP) is 6.87. The SMILES string of the molecule is CC(C)(N)C(=C1CN(C(c2ccc(Cl)cc2)c2ccc(Cl)cc2)C1)c1cc(F)cc(F)c1. The summed E-state index contributed by atoms with van der Waals surface area (Å²) in [5.41, 5.74) is 10.2. The molecule has 6 heteroatoms. The van der Waals surface area contributed by atoms with Crippen LogP contribution in [0.1, 0.15) is 36.6 Å². The molecule has 1 saturated heterocycles. The monoisotopic (exact) mass is 472 g/mol.